The molecule has 2 fully saturated rings. The maximum Gasteiger partial charge on any atom is 0.274 e. The lowest BCUT2D eigenvalue weighted by molar-refractivity contribution is 0.102. The highest BCUT2D eigenvalue weighted by atomic mass is 16.5. The van der Waals surface area contributed by atoms with E-state index in [-0.39, 0.29) is 5.91 Å². The van der Waals surface area contributed by atoms with Gasteiger partial charge in [0.1, 0.15) is 5.69 Å². The number of carbonyl (C=O) groups excluding carboxylic acids is 1. The summed E-state index contributed by atoms with van der Waals surface area (Å²) in [6.07, 6.45) is 0. The summed E-state index contributed by atoms with van der Waals surface area (Å²) in [6.45, 7) is 9.34. The van der Waals surface area contributed by atoms with E-state index in [4.69, 9.17) is 9.72 Å². The number of likely N-dealkylation sites (N-methyl/N-ethyl adjacent to an activating group) is 1. The number of hydrogen-bond acceptors (Lipinski definition) is 6. The zero-order valence-electron chi connectivity index (χ0n) is 19.4. The largest absolute Gasteiger partial charge is 0.378 e. The molecule has 7 nitrogen and oxygen atoms in total. The van der Waals surface area contributed by atoms with Crippen LogP contribution < -0.4 is 15.1 Å². The van der Waals surface area contributed by atoms with Gasteiger partial charge < -0.3 is 24.8 Å². The Kier molecular flexibility index (Phi) is 6.15. The molecule has 5 rings (SSSR count). The summed E-state index contributed by atoms with van der Waals surface area (Å²) in [5, 5.41) is 4.10. The van der Waals surface area contributed by atoms with Gasteiger partial charge in [-0.05, 0) is 55.9 Å². The number of aromatic nitrogens is 1. The van der Waals surface area contributed by atoms with Crippen LogP contribution in [0.2, 0.25) is 0 Å². The number of rotatable bonds is 4. The number of hydrogen-bond donors (Lipinski definition) is 1. The van der Waals surface area contributed by atoms with E-state index in [1.165, 1.54) is 5.56 Å². The average Bonchev–Trinajstić information content (AvgIpc) is 2.86. The molecule has 1 amide bonds. The summed E-state index contributed by atoms with van der Waals surface area (Å²) >= 11 is 0. The number of anilines is 3. The molecule has 0 saturated carbocycles. The first-order valence-corrected chi connectivity index (χ1v) is 11.7. The number of morpholine rings is 1. The Morgan fingerprint density at radius 3 is 2.33 bits per heavy atom. The van der Waals surface area contributed by atoms with Crippen molar-refractivity contribution >= 4 is 33.9 Å². The highest BCUT2D eigenvalue weighted by Crippen LogP contribution is 2.29. The number of amides is 1. The SMILES string of the molecule is Cc1ccc(N2CCN([11CH3])CC2)c2nc(C(=O)Nc3ccc(N4CCOCC4)cc3)ccc12. The normalized spacial score (nSPS) is 17.4. The molecular weight excluding hydrogens is 413 g/mol. The number of nitrogens with zero attached hydrogens (tertiary/aromatic N) is 4. The molecule has 2 saturated heterocycles. The highest BCUT2D eigenvalue weighted by Gasteiger charge is 2.19. The third-order valence-corrected chi connectivity index (χ3v) is 6.63. The summed E-state index contributed by atoms with van der Waals surface area (Å²) in [5.41, 5.74) is 5.51. The molecule has 0 radical (unpaired) electrons. The second-order valence-corrected chi connectivity index (χ2v) is 8.88. The molecule has 33 heavy (non-hydrogen) atoms. The fourth-order valence-corrected chi connectivity index (χ4v) is 4.55. The maximum atomic E-state index is 13.0. The van der Waals surface area contributed by atoms with E-state index in [0.29, 0.717) is 5.69 Å². The van der Waals surface area contributed by atoms with Crippen molar-refractivity contribution in [3.8, 4) is 0 Å². The van der Waals surface area contributed by atoms with Crippen molar-refractivity contribution in [2.75, 3.05) is 74.6 Å². The topological polar surface area (TPSA) is 60.9 Å². The number of aryl methyl sites for hydroxylation is 1. The quantitative estimate of drug-likeness (QED) is 0.666. The van der Waals surface area contributed by atoms with Crippen LogP contribution in [0.1, 0.15) is 16.1 Å². The maximum absolute atomic E-state index is 13.0. The average molecular weight is 445 g/mol. The second kappa shape index (κ2) is 9.37. The lowest BCUT2D eigenvalue weighted by Gasteiger charge is -2.34. The Balaban J connectivity index is 1.36. The Hall–Kier alpha value is -3.16. The molecule has 7 heteroatoms. The van der Waals surface area contributed by atoms with E-state index >= 15 is 0 Å². The van der Waals surface area contributed by atoms with Crippen LogP contribution in [-0.2, 0) is 4.74 Å². The summed E-state index contributed by atoms with van der Waals surface area (Å²) in [5.74, 6) is -0.193. The van der Waals surface area contributed by atoms with Crippen molar-refractivity contribution < 1.29 is 9.53 Å². The smallest absolute Gasteiger partial charge is 0.274 e. The number of ether oxygens (including phenoxy) is 1. The molecule has 3 aromatic rings. The lowest BCUT2D eigenvalue weighted by Crippen LogP contribution is -2.44. The molecule has 2 aromatic carbocycles. The summed E-state index contributed by atoms with van der Waals surface area (Å²) in [7, 11) is 2.15. The zero-order valence-corrected chi connectivity index (χ0v) is 19.4. The third-order valence-electron chi connectivity index (χ3n) is 6.63. The van der Waals surface area contributed by atoms with Gasteiger partial charge in [0.25, 0.3) is 5.91 Å². The number of nitrogens with one attached hydrogen (secondary N) is 1. The van der Waals surface area contributed by atoms with Gasteiger partial charge in [0.05, 0.1) is 24.4 Å². The van der Waals surface area contributed by atoms with Gasteiger partial charge in [-0.15, -0.1) is 0 Å². The van der Waals surface area contributed by atoms with Crippen LogP contribution >= 0.6 is 0 Å². The molecule has 2 aliphatic heterocycles. The van der Waals surface area contributed by atoms with Gasteiger partial charge in [-0.2, -0.15) is 0 Å². The van der Waals surface area contributed by atoms with Gasteiger partial charge >= 0.3 is 0 Å². The number of fused-ring (bicyclic) bond motifs is 1. The summed E-state index contributed by atoms with van der Waals surface area (Å²) < 4.78 is 5.43. The van der Waals surface area contributed by atoms with Crippen molar-refractivity contribution in [1.29, 1.82) is 0 Å². The molecule has 0 bridgehead atoms. The molecule has 0 unspecified atom stereocenters. The molecular formula is C26H31N5O2. The van der Waals surface area contributed by atoms with Crippen molar-refractivity contribution in [3.63, 3.8) is 0 Å². The van der Waals surface area contributed by atoms with E-state index in [2.05, 4.69) is 46.1 Å². The van der Waals surface area contributed by atoms with Crippen LogP contribution in [0.25, 0.3) is 10.9 Å². The fourth-order valence-electron chi connectivity index (χ4n) is 4.55. The minimum absolute atomic E-state index is 0.193. The lowest BCUT2D eigenvalue weighted by atomic mass is 10.1. The van der Waals surface area contributed by atoms with Crippen molar-refractivity contribution in [3.05, 3.63) is 59.8 Å². The van der Waals surface area contributed by atoms with Gasteiger partial charge in [0, 0.05) is 56.0 Å². The minimum atomic E-state index is -0.193. The van der Waals surface area contributed by atoms with Crippen molar-refractivity contribution in [2.24, 2.45) is 0 Å². The van der Waals surface area contributed by atoms with E-state index in [0.717, 1.165) is 80.4 Å². The standard InChI is InChI=1S/C26H31N5O2/c1-19-3-10-24(31-13-11-29(2)12-14-31)25-22(19)8-9-23(28-25)26(32)27-20-4-6-21(7-5-20)30-15-17-33-18-16-30/h3-10H,11-18H2,1-2H3,(H,27,32)/i2-1. The molecule has 3 heterocycles. The van der Waals surface area contributed by atoms with E-state index in [9.17, 15) is 4.79 Å². The van der Waals surface area contributed by atoms with Gasteiger partial charge in [-0.3, -0.25) is 4.79 Å². The van der Waals surface area contributed by atoms with Crippen LogP contribution in [0.3, 0.4) is 0 Å². The number of benzene rings is 2. The van der Waals surface area contributed by atoms with Crippen LogP contribution in [0.4, 0.5) is 17.1 Å². The molecule has 0 atom stereocenters. The molecule has 0 spiro atoms. The number of carbonyl (C=O) groups is 1. The Bertz CT molecular complexity index is 1130. The first-order chi connectivity index (χ1) is 16.1. The van der Waals surface area contributed by atoms with E-state index in [1.54, 1.807) is 0 Å². The fraction of sp³-hybridized carbons (Fsp3) is 0.385. The summed E-state index contributed by atoms with van der Waals surface area (Å²) in [4.78, 5) is 24.9. The first kappa shape index (κ1) is 21.7. The van der Waals surface area contributed by atoms with Crippen LogP contribution in [-0.4, -0.2) is 75.3 Å². The van der Waals surface area contributed by atoms with Crippen molar-refractivity contribution in [2.45, 2.75) is 6.92 Å². The van der Waals surface area contributed by atoms with Crippen LogP contribution in [0.5, 0.6) is 0 Å². The number of pyridine rings is 1. The Morgan fingerprint density at radius 1 is 0.879 bits per heavy atom. The summed E-state index contributed by atoms with van der Waals surface area (Å²) in [6, 6.07) is 16.1. The predicted octanol–water partition coefficient (Wildman–Crippen LogP) is 3.38. The van der Waals surface area contributed by atoms with Gasteiger partial charge in [0.2, 0.25) is 0 Å². The van der Waals surface area contributed by atoms with Gasteiger partial charge in [-0.1, -0.05) is 12.1 Å². The van der Waals surface area contributed by atoms with Gasteiger partial charge in [-0.25, -0.2) is 4.98 Å². The van der Waals surface area contributed by atoms with E-state index < -0.39 is 0 Å². The number of piperazine rings is 1. The van der Waals surface area contributed by atoms with Gasteiger partial charge in [0.15, 0.2) is 0 Å². The molecule has 172 valence electrons. The van der Waals surface area contributed by atoms with Crippen LogP contribution in [0.15, 0.2) is 48.5 Å². The molecule has 1 N–H and O–H groups in total. The predicted molar refractivity (Wildman–Crippen MR) is 134 cm³/mol. The Labute approximate surface area is 194 Å². The third kappa shape index (κ3) is 4.65. The first-order valence-electron chi connectivity index (χ1n) is 11.7. The zero-order chi connectivity index (χ0) is 22.8. The molecule has 0 aliphatic carbocycles. The monoisotopic (exact) mass is 444 g/mol. The van der Waals surface area contributed by atoms with Crippen molar-refractivity contribution in [1.82, 2.24) is 9.88 Å². The molecule has 1 aromatic heterocycles. The minimum Gasteiger partial charge on any atom is -0.378 e. The van der Waals surface area contributed by atoms with E-state index in [1.807, 2.05) is 36.4 Å². The highest BCUT2D eigenvalue weighted by molar-refractivity contribution is 6.05. The second-order valence-electron chi connectivity index (χ2n) is 8.88. The molecule has 2 aliphatic rings. The van der Waals surface area contributed by atoms with Crippen LogP contribution in [0, 0.1) is 6.92 Å². The Morgan fingerprint density at radius 2 is 1.61 bits per heavy atom.